The lowest BCUT2D eigenvalue weighted by Gasteiger charge is -2.21. The highest BCUT2D eigenvalue weighted by Gasteiger charge is 2.19. The lowest BCUT2D eigenvalue weighted by Crippen LogP contribution is -2.39. The first-order valence-corrected chi connectivity index (χ1v) is 7.47. The fourth-order valence-corrected chi connectivity index (χ4v) is 2.59. The van der Waals surface area contributed by atoms with Gasteiger partial charge in [-0.2, -0.15) is 0 Å². The number of carbonyl (C=O) groups excluding carboxylic acids is 1. The van der Waals surface area contributed by atoms with E-state index in [0.717, 1.165) is 6.42 Å². The summed E-state index contributed by atoms with van der Waals surface area (Å²) in [6.45, 7) is 2.54. The zero-order valence-corrected chi connectivity index (χ0v) is 12.1. The fourth-order valence-electron chi connectivity index (χ4n) is 2.59. The van der Waals surface area contributed by atoms with Gasteiger partial charge in [-0.05, 0) is 43.5 Å². The minimum atomic E-state index is -0.281. The van der Waals surface area contributed by atoms with Gasteiger partial charge < -0.3 is 15.8 Å². The van der Waals surface area contributed by atoms with Gasteiger partial charge >= 0.3 is 5.97 Å². The van der Waals surface area contributed by atoms with Gasteiger partial charge in [-0.15, -0.1) is 0 Å². The van der Waals surface area contributed by atoms with Crippen molar-refractivity contribution in [3.05, 3.63) is 29.8 Å². The number of nitrogens with one attached hydrogen (secondary N) is 1. The molecule has 1 atom stereocenters. The van der Waals surface area contributed by atoms with Crippen LogP contribution in [0, 0.1) is 0 Å². The Morgan fingerprint density at radius 3 is 2.60 bits per heavy atom. The van der Waals surface area contributed by atoms with Crippen LogP contribution in [0.2, 0.25) is 0 Å². The molecule has 1 fully saturated rings. The Kier molecular flexibility index (Phi) is 5.41. The minimum absolute atomic E-state index is 0.246. The van der Waals surface area contributed by atoms with Crippen molar-refractivity contribution in [2.24, 2.45) is 0 Å². The molecule has 1 aromatic rings. The SMILES string of the molecule is CCC(COC(=O)c1ccc(N)cc1)NC1CCCC1. The zero-order chi connectivity index (χ0) is 14.4. The van der Waals surface area contributed by atoms with Crippen molar-refractivity contribution < 1.29 is 9.53 Å². The largest absolute Gasteiger partial charge is 0.460 e. The van der Waals surface area contributed by atoms with E-state index in [-0.39, 0.29) is 12.0 Å². The van der Waals surface area contributed by atoms with Gasteiger partial charge in [-0.3, -0.25) is 0 Å². The molecule has 20 heavy (non-hydrogen) atoms. The highest BCUT2D eigenvalue weighted by atomic mass is 16.5. The Morgan fingerprint density at radius 2 is 2.00 bits per heavy atom. The van der Waals surface area contributed by atoms with Crippen LogP contribution >= 0.6 is 0 Å². The number of hydrogen-bond donors (Lipinski definition) is 2. The summed E-state index contributed by atoms with van der Waals surface area (Å²) < 4.78 is 5.39. The number of anilines is 1. The molecule has 4 heteroatoms. The molecule has 0 radical (unpaired) electrons. The summed E-state index contributed by atoms with van der Waals surface area (Å²) in [5.41, 5.74) is 6.80. The van der Waals surface area contributed by atoms with E-state index in [9.17, 15) is 4.79 Å². The summed E-state index contributed by atoms with van der Waals surface area (Å²) in [4.78, 5) is 11.9. The van der Waals surface area contributed by atoms with Gasteiger partial charge in [0.1, 0.15) is 6.61 Å². The average Bonchev–Trinajstić information content (AvgIpc) is 2.96. The maximum absolute atomic E-state index is 11.9. The van der Waals surface area contributed by atoms with E-state index in [1.165, 1.54) is 25.7 Å². The first-order valence-electron chi connectivity index (χ1n) is 7.47. The Labute approximate surface area is 120 Å². The molecular formula is C16H24N2O2. The number of benzene rings is 1. The van der Waals surface area contributed by atoms with Crippen LogP contribution < -0.4 is 11.1 Å². The van der Waals surface area contributed by atoms with Crippen molar-refractivity contribution in [3.8, 4) is 0 Å². The van der Waals surface area contributed by atoms with Crippen LogP contribution in [0.3, 0.4) is 0 Å². The Bertz CT molecular complexity index is 425. The molecule has 0 aromatic heterocycles. The van der Waals surface area contributed by atoms with Gasteiger partial charge in [0.05, 0.1) is 5.56 Å². The second kappa shape index (κ2) is 7.29. The lowest BCUT2D eigenvalue weighted by atomic mass is 10.1. The van der Waals surface area contributed by atoms with E-state index in [0.29, 0.717) is 23.9 Å². The summed E-state index contributed by atoms with van der Waals surface area (Å²) in [5, 5.41) is 3.58. The summed E-state index contributed by atoms with van der Waals surface area (Å²) >= 11 is 0. The Morgan fingerprint density at radius 1 is 1.35 bits per heavy atom. The molecule has 0 spiro atoms. The molecule has 0 saturated heterocycles. The number of carbonyl (C=O) groups is 1. The van der Waals surface area contributed by atoms with Gasteiger partial charge in [0.15, 0.2) is 0 Å². The third kappa shape index (κ3) is 4.23. The highest BCUT2D eigenvalue weighted by Crippen LogP contribution is 2.18. The van der Waals surface area contributed by atoms with Gasteiger partial charge in [-0.25, -0.2) is 4.79 Å². The van der Waals surface area contributed by atoms with Crippen LogP contribution in [0.15, 0.2) is 24.3 Å². The number of rotatable bonds is 6. The van der Waals surface area contributed by atoms with Gasteiger partial charge in [-0.1, -0.05) is 19.8 Å². The number of hydrogen-bond acceptors (Lipinski definition) is 4. The zero-order valence-electron chi connectivity index (χ0n) is 12.1. The molecule has 110 valence electrons. The molecule has 0 bridgehead atoms. The summed E-state index contributed by atoms with van der Waals surface area (Å²) in [6.07, 6.45) is 6.05. The molecule has 1 aliphatic carbocycles. The van der Waals surface area contributed by atoms with Crippen LogP contribution in [0.1, 0.15) is 49.4 Å². The number of esters is 1. The van der Waals surface area contributed by atoms with Gasteiger partial charge in [0, 0.05) is 17.8 Å². The molecule has 1 saturated carbocycles. The molecule has 0 aliphatic heterocycles. The van der Waals surface area contributed by atoms with Crippen molar-refractivity contribution in [2.75, 3.05) is 12.3 Å². The maximum Gasteiger partial charge on any atom is 0.338 e. The monoisotopic (exact) mass is 276 g/mol. The third-order valence-corrected chi connectivity index (χ3v) is 3.88. The van der Waals surface area contributed by atoms with Crippen molar-refractivity contribution in [2.45, 2.75) is 51.1 Å². The van der Waals surface area contributed by atoms with E-state index in [4.69, 9.17) is 10.5 Å². The molecule has 1 unspecified atom stereocenters. The Hall–Kier alpha value is -1.55. The fraction of sp³-hybridized carbons (Fsp3) is 0.562. The van der Waals surface area contributed by atoms with E-state index >= 15 is 0 Å². The minimum Gasteiger partial charge on any atom is -0.460 e. The van der Waals surface area contributed by atoms with Crippen LogP contribution in [0.4, 0.5) is 5.69 Å². The molecule has 1 aliphatic rings. The third-order valence-electron chi connectivity index (χ3n) is 3.88. The maximum atomic E-state index is 11.9. The predicted molar refractivity (Wildman–Crippen MR) is 80.6 cm³/mol. The van der Waals surface area contributed by atoms with Gasteiger partial charge in [0.2, 0.25) is 0 Å². The molecule has 4 nitrogen and oxygen atoms in total. The highest BCUT2D eigenvalue weighted by molar-refractivity contribution is 5.89. The number of nitrogen functional groups attached to an aromatic ring is 1. The standard InChI is InChI=1S/C16H24N2O2/c1-2-14(18-15-5-3-4-6-15)11-20-16(19)12-7-9-13(17)10-8-12/h7-10,14-15,18H,2-6,11,17H2,1H3. The first kappa shape index (κ1) is 14.9. The van der Waals surface area contributed by atoms with Crippen LogP contribution in [0.25, 0.3) is 0 Å². The van der Waals surface area contributed by atoms with Crippen molar-refractivity contribution in [1.29, 1.82) is 0 Å². The Balaban J connectivity index is 1.79. The molecule has 1 aromatic carbocycles. The number of nitrogens with two attached hydrogens (primary N) is 1. The normalized spacial score (nSPS) is 17.1. The van der Waals surface area contributed by atoms with Crippen LogP contribution in [-0.2, 0) is 4.74 Å². The summed E-state index contributed by atoms with van der Waals surface area (Å²) in [7, 11) is 0. The second-order valence-corrected chi connectivity index (χ2v) is 5.47. The number of ether oxygens (including phenoxy) is 1. The second-order valence-electron chi connectivity index (χ2n) is 5.47. The summed E-state index contributed by atoms with van der Waals surface area (Å²) in [5.74, 6) is -0.281. The van der Waals surface area contributed by atoms with Crippen molar-refractivity contribution in [1.82, 2.24) is 5.32 Å². The van der Waals surface area contributed by atoms with Crippen LogP contribution in [-0.4, -0.2) is 24.7 Å². The molecular weight excluding hydrogens is 252 g/mol. The van der Waals surface area contributed by atoms with E-state index in [1.54, 1.807) is 24.3 Å². The molecule has 0 amide bonds. The summed E-state index contributed by atoms with van der Waals surface area (Å²) in [6, 6.07) is 7.66. The average molecular weight is 276 g/mol. The quantitative estimate of drug-likeness (QED) is 0.619. The smallest absolute Gasteiger partial charge is 0.338 e. The van der Waals surface area contributed by atoms with E-state index in [1.807, 2.05) is 0 Å². The van der Waals surface area contributed by atoms with Crippen molar-refractivity contribution in [3.63, 3.8) is 0 Å². The topological polar surface area (TPSA) is 64.3 Å². The van der Waals surface area contributed by atoms with Crippen LogP contribution in [0.5, 0.6) is 0 Å². The predicted octanol–water partition coefficient (Wildman–Crippen LogP) is 2.74. The van der Waals surface area contributed by atoms with Gasteiger partial charge in [0.25, 0.3) is 0 Å². The molecule has 0 heterocycles. The lowest BCUT2D eigenvalue weighted by molar-refractivity contribution is 0.0457. The van der Waals surface area contributed by atoms with E-state index in [2.05, 4.69) is 12.2 Å². The van der Waals surface area contributed by atoms with E-state index < -0.39 is 0 Å². The molecule has 3 N–H and O–H groups in total. The van der Waals surface area contributed by atoms with Crippen molar-refractivity contribution >= 4 is 11.7 Å². The first-order chi connectivity index (χ1) is 9.69. The molecule has 2 rings (SSSR count).